The van der Waals surface area contributed by atoms with Crippen LogP contribution in [0.15, 0.2) is 35.5 Å². The van der Waals surface area contributed by atoms with E-state index in [0.29, 0.717) is 25.6 Å². The highest BCUT2D eigenvalue weighted by atomic mass is 32.1. The van der Waals surface area contributed by atoms with Gasteiger partial charge in [0.25, 0.3) is 0 Å². The van der Waals surface area contributed by atoms with Gasteiger partial charge in [-0.1, -0.05) is 12.1 Å². The number of hydrogen-bond donors (Lipinski definition) is 2. The van der Waals surface area contributed by atoms with Crippen LogP contribution < -0.4 is 15.4 Å². The second kappa shape index (κ2) is 9.32. The molecule has 2 heterocycles. The molecule has 0 spiro atoms. The van der Waals surface area contributed by atoms with Crippen LogP contribution in [0.2, 0.25) is 0 Å². The normalized spacial score (nSPS) is 11.5. The van der Waals surface area contributed by atoms with E-state index in [0.717, 1.165) is 28.0 Å². The number of guanidine groups is 1. The number of methoxy groups -OCH3 is 1. The third-order valence-electron chi connectivity index (χ3n) is 4.25. The van der Waals surface area contributed by atoms with Crippen LogP contribution in [0.3, 0.4) is 0 Å². The van der Waals surface area contributed by atoms with Gasteiger partial charge in [0.05, 0.1) is 26.7 Å². The Morgan fingerprint density at radius 2 is 1.89 bits per heavy atom. The molecule has 1 aromatic carbocycles. The summed E-state index contributed by atoms with van der Waals surface area (Å²) in [4.78, 5) is 10.3. The number of benzene rings is 1. The number of ether oxygens (including phenoxy) is 1. The Labute approximate surface area is 168 Å². The molecule has 0 atom stereocenters. The molecule has 0 radical (unpaired) electrons. The van der Waals surface area contributed by atoms with E-state index in [1.165, 1.54) is 4.88 Å². The van der Waals surface area contributed by atoms with E-state index in [1.54, 1.807) is 18.4 Å². The number of nitrogens with zero attached hydrogens (tertiary/aromatic N) is 5. The number of aryl methyl sites for hydroxylation is 2. The molecule has 0 aliphatic carbocycles. The van der Waals surface area contributed by atoms with Crippen molar-refractivity contribution in [3.8, 4) is 5.75 Å². The van der Waals surface area contributed by atoms with Crippen LogP contribution in [0, 0.1) is 13.8 Å². The molecule has 3 rings (SSSR count). The second-order valence-electron chi connectivity index (χ2n) is 6.31. The van der Waals surface area contributed by atoms with E-state index in [-0.39, 0.29) is 0 Å². The third-order valence-corrected chi connectivity index (χ3v) is 5.16. The maximum Gasteiger partial charge on any atom is 0.192 e. The number of aromatic nitrogens is 4. The fraction of sp³-hybridized carbons (Fsp3) is 0.368. The van der Waals surface area contributed by atoms with E-state index in [4.69, 9.17) is 9.73 Å². The van der Waals surface area contributed by atoms with Crippen molar-refractivity contribution < 1.29 is 4.74 Å². The average Bonchev–Trinajstić information content (AvgIpc) is 3.27. The van der Waals surface area contributed by atoms with Gasteiger partial charge in [-0.25, -0.2) is 9.98 Å². The molecular weight excluding hydrogens is 374 g/mol. The van der Waals surface area contributed by atoms with Crippen molar-refractivity contribution in [2.45, 2.75) is 33.5 Å². The van der Waals surface area contributed by atoms with E-state index in [1.807, 2.05) is 49.0 Å². The predicted molar refractivity (Wildman–Crippen MR) is 110 cm³/mol. The number of rotatable bonds is 7. The number of aliphatic imine (C=N–C) groups is 1. The zero-order valence-corrected chi connectivity index (χ0v) is 17.4. The highest BCUT2D eigenvalue weighted by Gasteiger charge is 2.07. The molecule has 0 fully saturated rings. The quantitative estimate of drug-likeness (QED) is 0.468. The lowest BCUT2D eigenvalue weighted by atomic mass is 10.2. The summed E-state index contributed by atoms with van der Waals surface area (Å²) in [6.45, 7) is 5.67. The maximum atomic E-state index is 5.20. The zero-order chi connectivity index (χ0) is 19.9. The Hall–Kier alpha value is -2.94. The van der Waals surface area contributed by atoms with Crippen LogP contribution in [-0.4, -0.2) is 32.8 Å². The lowest BCUT2D eigenvalue weighted by Gasteiger charge is -2.12. The zero-order valence-electron chi connectivity index (χ0n) is 16.6. The molecule has 0 saturated heterocycles. The molecule has 8 nitrogen and oxygen atoms in total. The number of hydrogen-bond acceptors (Lipinski definition) is 6. The first-order chi connectivity index (χ1) is 13.5. The molecule has 28 heavy (non-hydrogen) atoms. The molecule has 2 N–H and O–H groups in total. The summed E-state index contributed by atoms with van der Waals surface area (Å²) in [5.74, 6) is 3.26. The third kappa shape index (κ3) is 5.29. The Bertz CT molecular complexity index is 930. The van der Waals surface area contributed by atoms with Gasteiger partial charge in [-0.2, -0.15) is 0 Å². The van der Waals surface area contributed by atoms with Gasteiger partial charge < -0.3 is 19.9 Å². The standard InChI is InChI=1S/C19H25N7OS/c1-13-9-20-18(28-13)12-23-19(22-11-17-25-24-14(2)26(17)3)21-10-15-5-7-16(27-4)8-6-15/h5-9H,10-12H2,1-4H3,(H2,21,22,23). The van der Waals surface area contributed by atoms with E-state index in [2.05, 4.69) is 32.7 Å². The summed E-state index contributed by atoms with van der Waals surface area (Å²) in [5.41, 5.74) is 1.10. The van der Waals surface area contributed by atoms with Crippen molar-refractivity contribution in [3.63, 3.8) is 0 Å². The van der Waals surface area contributed by atoms with E-state index < -0.39 is 0 Å². The predicted octanol–water partition coefficient (Wildman–Crippen LogP) is 2.33. The van der Waals surface area contributed by atoms with Crippen molar-refractivity contribution in [1.82, 2.24) is 30.4 Å². The minimum atomic E-state index is 0.530. The first kappa shape index (κ1) is 19.8. The van der Waals surface area contributed by atoms with Crippen molar-refractivity contribution in [3.05, 3.63) is 57.6 Å². The summed E-state index contributed by atoms with van der Waals surface area (Å²) in [5, 5.41) is 16.0. The molecule has 0 aliphatic rings. The second-order valence-corrected chi connectivity index (χ2v) is 7.63. The van der Waals surface area contributed by atoms with Gasteiger partial charge in [0, 0.05) is 18.1 Å². The monoisotopic (exact) mass is 399 g/mol. The number of thiazole rings is 1. The van der Waals surface area contributed by atoms with Crippen LogP contribution in [0.4, 0.5) is 0 Å². The molecule has 0 amide bonds. The minimum Gasteiger partial charge on any atom is -0.497 e. The summed E-state index contributed by atoms with van der Waals surface area (Å²) in [6, 6.07) is 7.89. The molecule has 0 bridgehead atoms. The first-order valence-corrected chi connectivity index (χ1v) is 9.78. The molecular formula is C19H25N7OS. The van der Waals surface area contributed by atoms with Crippen LogP contribution in [0.25, 0.3) is 0 Å². The number of nitrogens with one attached hydrogen (secondary N) is 2. The topological polar surface area (TPSA) is 89.2 Å². The van der Waals surface area contributed by atoms with Crippen LogP contribution in [0.5, 0.6) is 5.75 Å². The summed E-state index contributed by atoms with van der Waals surface area (Å²) in [6.07, 6.45) is 1.88. The molecule has 3 aromatic rings. The molecule has 0 unspecified atom stereocenters. The fourth-order valence-electron chi connectivity index (χ4n) is 2.49. The smallest absolute Gasteiger partial charge is 0.192 e. The fourth-order valence-corrected chi connectivity index (χ4v) is 3.21. The summed E-state index contributed by atoms with van der Waals surface area (Å²) >= 11 is 1.67. The minimum absolute atomic E-state index is 0.530. The highest BCUT2D eigenvalue weighted by molar-refractivity contribution is 7.11. The molecule has 0 aliphatic heterocycles. The molecule has 0 saturated carbocycles. The van der Waals surface area contributed by atoms with Crippen molar-refractivity contribution >= 4 is 17.3 Å². The van der Waals surface area contributed by atoms with Crippen LogP contribution in [0.1, 0.15) is 27.1 Å². The van der Waals surface area contributed by atoms with Crippen molar-refractivity contribution in [1.29, 1.82) is 0 Å². The van der Waals surface area contributed by atoms with Crippen molar-refractivity contribution in [2.24, 2.45) is 12.0 Å². The molecule has 148 valence electrons. The molecule has 2 aromatic heterocycles. The Morgan fingerprint density at radius 3 is 2.50 bits per heavy atom. The largest absolute Gasteiger partial charge is 0.497 e. The lowest BCUT2D eigenvalue weighted by molar-refractivity contribution is 0.414. The van der Waals surface area contributed by atoms with Gasteiger partial charge in [0.1, 0.15) is 16.6 Å². The van der Waals surface area contributed by atoms with Gasteiger partial charge in [-0.05, 0) is 31.5 Å². The Balaban J connectivity index is 1.67. The van der Waals surface area contributed by atoms with Gasteiger partial charge in [-0.15, -0.1) is 21.5 Å². The Kier molecular flexibility index (Phi) is 6.59. The average molecular weight is 400 g/mol. The van der Waals surface area contributed by atoms with E-state index in [9.17, 15) is 0 Å². The Morgan fingerprint density at radius 1 is 1.14 bits per heavy atom. The lowest BCUT2D eigenvalue weighted by Crippen LogP contribution is -2.37. The van der Waals surface area contributed by atoms with Crippen LogP contribution in [-0.2, 0) is 26.7 Å². The van der Waals surface area contributed by atoms with Gasteiger partial charge in [-0.3, -0.25) is 0 Å². The summed E-state index contributed by atoms with van der Waals surface area (Å²) < 4.78 is 7.16. The van der Waals surface area contributed by atoms with Gasteiger partial charge in [0.15, 0.2) is 11.8 Å². The maximum absolute atomic E-state index is 5.20. The van der Waals surface area contributed by atoms with Gasteiger partial charge >= 0.3 is 0 Å². The molecule has 9 heteroatoms. The first-order valence-electron chi connectivity index (χ1n) is 8.96. The SMILES string of the molecule is COc1ccc(CN=C(NCc2ncc(C)s2)NCc2nnc(C)n2C)cc1. The van der Waals surface area contributed by atoms with Crippen molar-refractivity contribution in [2.75, 3.05) is 7.11 Å². The summed E-state index contributed by atoms with van der Waals surface area (Å²) in [7, 11) is 3.61. The van der Waals surface area contributed by atoms with Gasteiger partial charge in [0.2, 0.25) is 0 Å². The van der Waals surface area contributed by atoms with Crippen LogP contribution >= 0.6 is 11.3 Å². The van der Waals surface area contributed by atoms with E-state index >= 15 is 0 Å². The highest BCUT2D eigenvalue weighted by Crippen LogP contribution is 2.12.